The second kappa shape index (κ2) is 4.40. The first kappa shape index (κ1) is 11.4. The molecule has 0 aliphatic rings. The van der Waals surface area contributed by atoms with Crippen LogP contribution in [-0.2, 0) is 0 Å². The highest BCUT2D eigenvalue weighted by molar-refractivity contribution is 5.49. The van der Waals surface area contributed by atoms with Gasteiger partial charge in [-0.1, -0.05) is 13.8 Å². The van der Waals surface area contributed by atoms with Gasteiger partial charge >= 0.3 is 0 Å². The molecule has 2 aromatic heterocycles. The minimum Gasteiger partial charge on any atom is -0.368 e. The van der Waals surface area contributed by atoms with Gasteiger partial charge < -0.3 is 5.73 Å². The highest BCUT2D eigenvalue weighted by Gasteiger charge is 2.10. The van der Waals surface area contributed by atoms with Crippen molar-refractivity contribution in [2.75, 3.05) is 5.73 Å². The molecule has 0 radical (unpaired) electrons. The lowest BCUT2D eigenvalue weighted by atomic mass is 10.2. The van der Waals surface area contributed by atoms with E-state index >= 15 is 0 Å². The lowest BCUT2D eigenvalue weighted by molar-refractivity contribution is 0.765. The van der Waals surface area contributed by atoms with Gasteiger partial charge in [-0.3, -0.25) is 0 Å². The fraction of sp³-hybridized carbons (Fsp3) is 0.364. The Bertz CT molecular complexity index is 537. The molecule has 0 bridgehead atoms. The Morgan fingerprint density at radius 2 is 1.88 bits per heavy atom. The summed E-state index contributed by atoms with van der Waals surface area (Å²) in [6, 6.07) is 1.76. The van der Waals surface area contributed by atoms with E-state index in [-0.39, 0.29) is 11.9 Å². The normalized spacial score (nSPS) is 10.8. The highest BCUT2D eigenvalue weighted by Crippen LogP contribution is 2.16. The van der Waals surface area contributed by atoms with Gasteiger partial charge in [-0.05, 0) is 13.0 Å². The van der Waals surface area contributed by atoms with Crippen molar-refractivity contribution < 1.29 is 0 Å². The van der Waals surface area contributed by atoms with Gasteiger partial charge in [-0.15, -0.1) is 0 Å². The van der Waals surface area contributed by atoms with Crippen molar-refractivity contribution in [3.8, 4) is 11.5 Å². The third-order valence-electron chi connectivity index (χ3n) is 2.19. The average molecular weight is 230 g/mol. The Labute approximate surface area is 99.4 Å². The van der Waals surface area contributed by atoms with Gasteiger partial charge in [0.15, 0.2) is 5.82 Å². The van der Waals surface area contributed by atoms with Crippen molar-refractivity contribution in [3.05, 3.63) is 23.9 Å². The molecule has 2 heterocycles. The van der Waals surface area contributed by atoms with E-state index in [0.717, 1.165) is 0 Å². The number of nitrogen functional groups attached to an aromatic ring is 1. The zero-order chi connectivity index (χ0) is 12.4. The largest absolute Gasteiger partial charge is 0.368 e. The SMILES string of the molecule is Cc1nccc(-c2nc(N)nc(C(C)C)n2)n1. The van der Waals surface area contributed by atoms with Crippen LogP contribution in [0.3, 0.4) is 0 Å². The topological polar surface area (TPSA) is 90.5 Å². The number of hydrogen-bond acceptors (Lipinski definition) is 6. The molecule has 0 amide bonds. The van der Waals surface area contributed by atoms with Crippen LogP contribution in [0.2, 0.25) is 0 Å². The molecule has 17 heavy (non-hydrogen) atoms. The maximum Gasteiger partial charge on any atom is 0.223 e. The van der Waals surface area contributed by atoms with Gasteiger partial charge in [0, 0.05) is 12.1 Å². The number of rotatable bonds is 2. The number of nitrogens with two attached hydrogens (primary N) is 1. The van der Waals surface area contributed by atoms with Crippen LogP contribution in [0.15, 0.2) is 12.3 Å². The first-order valence-corrected chi connectivity index (χ1v) is 5.37. The molecule has 0 aliphatic carbocycles. The Balaban J connectivity index is 2.52. The molecule has 0 fully saturated rings. The second-order valence-electron chi connectivity index (χ2n) is 4.02. The number of aromatic nitrogens is 5. The van der Waals surface area contributed by atoms with Crippen molar-refractivity contribution in [2.24, 2.45) is 0 Å². The molecule has 0 aliphatic heterocycles. The molecule has 2 aromatic rings. The zero-order valence-corrected chi connectivity index (χ0v) is 10.0. The highest BCUT2D eigenvalue weighted by atomic mass is 15.1. The van der Waals surface area contributed by atoms with E-state index in [9.17, 15) is 0 Å². The smallest absolute Gasteiger partial charge is 0.223 e. The third-order valence-corrected chi connectivity index (χ3v) is 2.19. The summed E-state index contributed by atoms with van der Waals surface area (Å²) in [5.41, 5.74) is 6.33. The summed E-state index contributed by atoms with van der Waals surface area (Å²) in [6.45, 7) is 5.82. The summed E-state index contributed by atoms with van der Waals surface area (Å²) >= 11 is 0. The van der Waals surface area contributed by atoms with E-state index in [1.54, 1.807) is 12.3 Å². The maximum atomic E-state index is 5.67. The van der Waals surface area contributed by atoms with Gasteiger partial charge in [-0.2, -0.15) is 9.97 Å². The maximum absolute atomic E-state index is 5.67. The van der Waals surface area contributed by atoms with Gasteiger partial charge in [0.1, 0.15) is 17.3 Å². The minimum absolute atomic E-state index is 0.196. The Morgan fingerprint density at radius 1 is 1.12 bits per heavy atom. The molecule has 2 N–H and O–H groups in total. The zero-order valence-electron chi connectivity index (χ0n) is 10.0. The molecule has 0 spiro atoms. The Kier molecular flexibility index (Phi) is 2.95. The van der Waals surface area contributed by atoms with E-state index in [1.165, 1.54) is 0 Å². The molecule has 0 unspecified atom stereocenters. The van der Waals surface area contributed by atoms with Crippen LogP contribution in [0.5, 0.6) is 0 Å². The number of aryl methyl sites for hydroxylation is 1. The molecular weight excluding hydrogens is 216 g/mol. The standard InChI is InChI=1S/C11H14N6/c1-6(2)9-15-10(17-11(12)16-9)8-4-5-13-7(3)14-8/h4-6H,1-3H3,(H2,12,15,16,17). The van der Waals surface area contributed by atoms with Crippen LogP contribution in [0.1, 0.15) is 31.4 Å². The Morgan fingerprint density at radius 3 is 2.53 bits per heavy atom. The molecular formula is C11H14N6. The van der Waals surface area contributed by atoms with Crippen molar-refractivity contribution in [3.63, 3.8) is 0 Å². The summed E-state index contributed by atoms with van der Waals surface area (Å²) in [5.74, 6) is 2.25. The molecule has 6 nitrogen and oxygen atoms in total. The summed E-state index contributed by atoms with van der Waals surface area (Å²) in [5, 5.41) is 0. The van der Waals surface area contributed by atoms with E-state index in [1.807, 2.05) is 20.8 Å². The third kappa shape index (κ3) is 2.52. The average Bonchev–Trinajstić information content (AvgIpc) is 2.28. The number of hydrogen-bond donors (Lipinski definition) is 1. The van der Waals surface area contributed by atoms with Gasteiger partial charge in [-0.25, -0.2) is 15.0 Å². The van der Waals surface area contributed by atoms with Crippen LogP contribution in [0, 0.1) is 6.92 Å². The van der Waals surface area contributed by atoms with E-state index < -0.39 is 0 Å². The van der Waals surface area contributed by atoms with Crippen molar-refractivity contribution in [1.29, 1.82) is 0 Å². The molecule has 6 heteroatoms. The molecule has 0 atom stereocenters. The minimum atomic E-state index is 0.196. The van der Waals surface area contributed by atoms with Crippen LogP contribution >= 0.6 is 0 Å². The lowest BCUT2D eigenvalue weighted by Crippen LogP contribution is -2.07. The van der Waals surface area contributed by atoms with Crippen LogP contribution in [-0.4, -0.2) is 24.9 Å². The summed E-state index contributed by atoms with van der Waals surface area (Å²) in [7, 11) is 0. The van der Waals surface area contributed by atoms with E-state index in [0.29, 0.717) is 23.2 Å². The first-order chi connectivity index (χ1) is 8.06. The molecule has 0 aromatic carbocycles. The van der Waals surface area contributed by atoms with Gasteiger partial charge in [0.05, 0.1) is 0 Å². The fourth-order valence-corrected chi connectivity index (χ4v) is 1.36. The summed E-state index contributed by atoms with van der Waals surface area (Å²) in [4.78, 5) is 20.8. The predicted octanol–water partition coefficient (Wildman–Crippen LogP) is 1.34. The molecule has 0 saturated carbocycles. The molecule has 0 saturated heterocycles. The second-order valence-corrected chi connectivity index (χ2v) is 4.02. The van der Waals surface area contributed by atoms with E-state index in [2.05, 4.69) is 24.9 Å². The Hall–Kier alpha value is -2.11. The number of anilines is 1. The fourth-order valence-electron chi connectivity index (χ4n) is 1.36. The van der Waals surface area contributed by atoms with Crippen LogP contribution < -0.4 is 5.73 Å². The monoisotopic (exact) mass is 230 g/mol. The van der Waals surface area contributed by atoms with E-state index in [4.69, 9.17) is 5.73 Å². The summed E-state index contributed by atoms with van der Waals surface area (Å²) < 4.78 is 0. The lowest BCUT2D eigenvalue weighted by Gasteiger charge is -2.06. The predicted molar refractivity (Wildman–Crippen MR) is 64.1 cm³/mol. The van der Waals surface area contributed by atoms with Crippen molar-refractivity contribution in [1.82, 2.24) is 24.9 Å². The quantitative estimate of drug-likeness (QED) is 0.837. The van der Waals surface area contributed by atoms with Gasteiger partial charge in [0.25, 0.3) is 0 Å². The molecule has 88 valence electrons. The van der Waals surface area contributed by atoms with Crippen LogP contribution in [0.4, 0.5) is 5.95 Å². The summed E-state index contributed by atoms with van der Waals surface area (Å²) in [6.07, 6.45) is 1.67. The number of nitrogens with zero attached hydrogens (tertiary/aromatic N) is 5. The first-order valence-electron chi connectivity index (χ1n) is 5.37. The van der Waals surface area contributed by atoms with Crippen LogP contribution in [0.25, 0.3) is 11.5 Å². The van der Waals surface area contributed by atoms with Crippen molar-refractivity contribution >= 4 is 5.95 Å². The molecule has 2 rings (SSSR count). The van der Waals surface area contributed by atoms with Crippen molar-refractivity contribution in [2.45, 2.75) is 26.7 Å². The van der Waals surface area contributed by atoms with Gasteiger partial charge in [0.2, 0.25) is 5.95 Å².